The van der Waals surface area contributed by atoms with E-state index in [9.17, 15) is 9.18 Å². The second-order valence-electron chi connectivity index (χ2n) is 3.65. The van der Waals surface area contributed by atoms with Crippen molar-refractivity contribution in [3.63, 3.8) is 0 Å². The summed E-state index contributed by atoms with van der Waals surface area (Å²) in [7, 11) is 0. The zero-order valence-corrected chi connectivity index (χ0v) is 9.19. The van der Waals surface area contributed by atoms with Gasteiger partial charge in [0, 0.05) is 12.7 Å². The Morgan fingerprint density at radius 3 is 3.06 bits per heavy atom. The van der Waals surface area contributed by atoms with E-state index >= 15 is 0 Å². The van der Waals surface area contributed by atoms with Crippen LogP contribution < -0.4 is 5.32 Å². The summed E-state index contributed by atoms with van der Waals surface area (Å²) in [4.78, 5) is 15.0. The molecule has 6 heteroatoms. The lowest BCUT2D eigenvalue weighted by molar-refractivity contribution is -0.0855. The molecule has 0 aliphatic carbocycles. The van der Waals surface area contributed by atoms with Crippen LogP contribution in [0.25, 0.3) is 0 Å². The number of pyridine rings is 1. The smallest absolute Gasteiger partial charge is 0.252 e. The normalized spacial score (nSPS) is 19.9. The van der Waals surface area contributed by atoms with E-state index in [-0.39, 0.29) is 12.0 Å². The molecule has 1 aromatic heterocycles. The molecule has 1 saturated heterocycles. The summed E-state index contributed by atoms with van der Waals surface area (Å²) >= 11 is 0. The molecule has 2 rings (SSSR count). The average molecular weight is 240 g/mol. The van der Waals surface area contributed by atoms with Crippen molar-refractivity contribution in [2.45, 2.75) is 6.10 Å². The number of nitrogens with one attached hydrogen (secondary N) is 1. The molecular weight excluding hydrogens is 227 g/mol. The summed E-state index contributed by atoms with van der Waals surface area (Å²) in [6, 6.07) is 2.53. The van der Waals surface area contributed by atoms with Crippen LogP contribution in [-0.4, -0.2) is 43.4 Å². The first-order valence-corrected chi connectivity index (χ1v) is 5.35. The third-order valence-electron chi connectivity index (χ3n) is 2.36. The quantitative estimate of drug-likeness (QED) is 0.775. The molecule has 1 aliphatic rings. The van der Waals surface area contributed by atoms with Gasteiger partial charge in [-0.15, -0.1) is 0 Å². The van der Waals surface area contributed by atoms with E-state index in [4.69, 9.17) is 9.47 Å². The number of ether oxygens (including phenoxy) is 2. The molecule has 0 radical (unpaired) electrons. The zero-order valence-electron chi connectivity index (χ0n) is 9.19. The van der Waals surface area contributed by atoms with Crippen LogP contribution in [0.1, 0.15) is 10.4 Å². The molecule has 0 saturated carbocycles. The van der Waals surface area contributed by atoms with Crippen LogP contribution >= 0.6 is 0 Å². The minimum absolute atomic E-state index is 0.124. The summed E-state index contributed by atoms with van der Waals surface area (Å²) in [5.74, 6) is -0.905. The molecule has 2 heterocycles. The predicted molar refractivity (Wildman–Crippen MR) is 57.1 cm³/mol. The van der Waals surface area contributed by atoms with Gasteiger partial charge in [-0.05, 0) is 12.1 Å². The minimum Gasteiger partial charge on any atom is -0.376 e. The number of carbonyl (C=O) groups excluding carboxylic acids is 1. The molecule has 1 aliphatic heterocycles. The van der Waals surface area contributed by atoms with Crippen LogP contribution in [0.5, 0.6) is 0 Å². The molecule has 92 valence electrons. The van der Waals surface area contributed by atoms with Gasteiger partial charge in [0.15, 0.2) is 0 Å². The number of hydrogen-bond donors (Lipinski definition) is 1. The van der Waals surface area contributed by atoms with Crippen LogP contribution in [0.4, 0.5) is 4.39 Å². The van der Waals surface area contributed by atoms with Gasteiger partial charge < -0.3 is 14.8 Å². The molecule has 5 nitrogen and oxygen atoms in total. The second kappa shape index (κ2) is 5.70. The van der Waals surface area contributed by atoms with Gasteiger partial charge in [0.05, 0.1) is 31.5 Å². The standard InChI is InChI=1S/C11H13FN2O3/c12-10-2-1-8(5-13-10)11(15)14-6-9-7-16-3-4-17-9/h1-2,5,9H,3-4,6-7H2,(H,14,15). The molecule has 17 heavy (non-hydrogen) atoms. The lowest BCUT2D eigenvalue weighted by Gasteiger charge is -2.23. The Morgan fingerprint density at radius 1 is 1.53 bits per heavy atom. The number of carbonyl (C=O) groups is 1. The van der Waals surface area contributed by atoms with Crippen LogP contribution in [0.3, 0.4) is 0 Å². The fourth-order valence-corrected chi connectivity index (χ4v) is 1.47. The average Bonchev–Trinajstić information content (AvgIpc) is 2.38. The van der Waals surface area contributed by atoms with Gasteiger partial charge in [0.1, 0.15) is 0 Å². The van der Waals surface area contributed by atoms with Gasteiger partial charge in [-0.1, -0.05) is 0 Å². The molecule has 1 amide bonds. The highest BCUT2D eigenvalue weighted by Crippen LogP contribution is 2.01. The number of amides is 1. The molecule has 0 spiro atoms. The molecule has 0 bridgehead atoms. The van der Waals surface area contributed by atoms with Crippen molar-refractivity contribution >= 4 is 5.91 Å². The zero-order chi connectivity index (χ0) is 12.1. The Balaban J connectivity index is 1.82. The molecule has 1 atom stereocenters. The summed E-state index contributed by atoms with van der Waals surface area (Å²) < 4.78 is 23.1. The number of halogens is 1. The van der Waals surface area contributed by atoms with Crippen LogP contribution in [0.15, 0.2) is 18.3 Å². The van der Waals surface area contributed by atoms with E-state index < -0.39 is 5.95 Å². The van der Waals surface area contributed by atoms with Crippen LogP contribution in [0, 0.1) is 5.95 Å². The molecule has 1 fully saturated rings. The number of aromatic nitrogens is 1. The van der Waals surface area contributed by atoms with Crippen molar-refractivity contribution in [3.05, 3.63) is 29.8 Å². The third-order valence-corrected chi connectivity index (χ3v) is 2.36. The summed E-state index contributed by atoms with van der Waals surface area (Å²) in [6.45, 7) is 1.98. The van der Waals surface area contributed by atoms with Crippen LogP contribution in [0.2, 0.25) is 0 Å². The lowest BCUT2D eigenvalue weighted by atomic mass is 10.2. The highest BCUT2D eigenvalue weighted by Gasteiger charge is 2.15. The van der Waals surface area contributed by atoms with E-state index in [1.54, 1.807) is 0 Å². The maximum absolute atomic E-state index is 12.5. The Bertz CT molecular complexity index is 377. The maximum Gasteiger partial charge on any atom is 0.252 e. The van der Waals surface area contributed by atoms with Gasteiger partial charge in [-0.3, -0.25) is 4.79 Å². The lowest BCUT2D eigenvalue weighted by Crippen LogP contribution is -2.39. The first-order valence-electron chi connectivity index (χ1n) is 5.35. The van der Waals surface area contributed by atoms with E-state index in [0.717, 1.165) is 6.07 Å². The van der Waals surface area contributed by atoms with Crippen molar-refractivity contribution in [2.24, 2.45) is 0 Å². The number of rotatable bonds is 3. The Morgan fingerprint density at radius 2 is 2.41 bits per heavy atom. The van der Waals surface area contributed by atoms with Gasteiger partial charge in [-0.25, -0.2) is 4.98 Å². The molecular formula is C11H13FN2O3. The van der Waals surface area contributed by atoms with Crippen molar-refractivity contribution < 1.29 is 18.7 Å². The fraction of sp³-hybridized carbons (Fsp3) is 0.455. The highest BCUT2D eigenvalue weighted by atomic mass is 19.1. The van der Waals surface area contributed by atoms with Crippen LogP contribution in [-0.2, 0) is 9.47 Å². The Labute approximate surface area is 97.9 Å². The van der Waals surface area contributed by atoms with Gasteiger partial charge in [0.25, 0.3) is 5.91 Å². The minimum atomic E-state index is -0.606. The largest absolute Gasteiger partial charge is 0.376 e. The predicted octanol–water partition coefficient (Wildman–Crippen LogP) is 0.366. The molecule has 1 N–H and O–H groups in total. The molecule has 1 unspecified atom stereocenters. The van der Waals surface area contributed by atoms with E-state index in [2.05, 4.69) is 10.3 Å². The monoisotopic (exact) mass is 240 g/mol. The number of hydrogen-bond acceptors (Lipinski definition) is 4. The van der Waals surface area contributed by atoms with Gasteiger partial charge in [-0.2, -0.15) is 4.39 Å². The first-order chi connectivity index (χ1) is 8.25. The SMILES string of the molecule is O=C(NCC1COCCO1)c1ccc(F)nc1. The first kappa shape index (κ1) is 11.9. The second-order valence-corrected chi connectivity index (χ2v) is 3.65. The summed E-state index contributed by atoms with van der Waals surface area (Å²) in [5, 5.41) is 2.68. The van der Waals surface area contributed by atoms with Crippen molar-refractivity contribution in [1.82, 2.24) is 10.3 Å². The maximum atomic E-state index is 12.5. The molecule has 0 aromatic carbocycles. The van der Waals surface area contributed by atoms with Crippen molar-refractivity contribution in [3.8, 4) is 0 Å². The Kier molecular flexibility index (Phi) is 4.00. The molecule has 1 aromatic rings. The van der Waals surface area contributed by atoms with Gasteiger partial charge >= 0.3 is 0 Å². The van der Waals surface area contributed by atoms with E-state index in [1.165, 1.54) is 12.3 Å². The van der Waals surface area contributed by atoms with Gasteiger partial charge in [0.2, 0.25) is 5.95 Å². The van der Waals surface area contributed by atoms with E-state index in [0.29, 0.717) is 31.9 Å². The fourth-order valence-electron chi connectivity index (χ4n) is 1.47. The topological polar surface area (TPSA) is 60.5 Å². The summed E-state index contributed by atoms with van der Waals surface area (Å²) in [5.41, 5.74) is 0.322. The Hall–Kier alpha value is -1.53. The highest BCUT2D eigenvalue weighted by molar-refractivity contribution is 5.93. The number of nitrogens with zero attached hydrogens (tertiary/aromatic N) is 1. The van der Waals surface area contributed by atoms with E-state index in [1.807, 2.05) is 0 Å². The van der Waals surface area contributed by atoms with Crippen molar-refractivity contribution in [2.75, 3.05) is 26.4 Å². The summed E-state index contributed by atoms with van der Waals surface area (Å²) in [6.07, 6.45) is 1.07. The van der Waals surface area contributed by atoms with Crippen molar-refractivity contribution in [1.29, 1.82) is 0 Å². The third kappa shape index (κ3) is 3.47.